The van der Waals surface area contributed by atoms with Gasteiger partial charge >= 0.3 is 0 Å². The molecule has 0 radical (unpaired) electrons. The van der Waals surface area contributed by atoms with Gasteiger partial charge in [-0.2, -0.15) is 0 Å². The number of amides is 1. The summed E-state index contributed by atoms with van der Waals surface area (Å²) >= 11 is 0. The van der Waals surface area contributed by atoms with E-state index in [2.05, 4.69) is 5.32 Å². The van der Waals surface area contributed by atoms with Crippen LogP contribution in [0.4, 0.5) is 22.0 Å². The largest absolute Gasteiger partial charge is 0.349 e. The first-order valence-electron chi connectivity index (χ1n) is 8.07. The number of carbonyl (C=O) groups is 1. The summed E-state index contributed by atoms with van der Waals surface area (Å²) < 4.78 is 67.1. The lowest BCUT2D eigenvalue weighted by Gasteiger charge is -2.21. The van der Waals surface area contributed by atoms with Gasteiger partial charge in [0.05, 0.1) is 12.5 Å². The number of hydrogen-bond donors (Lipinski definition) is 1. The smallest absolute Gasteiger partial charge is 0.225 e. The second kappa shape index (κ2) is 8.29. The summed E-state index contributed by atoms with van der Waals surface area (Å²) in [5, 5.41) is 2.61. The van der Waals surface area contributed by atoms with Crippen LogP contribution in [0, 0.1) is 35.0 Å². The van der Waals surface area contributed by atoms with Crippen LogP contribution in [-0.4, -0.2) is 5.91 Å². The van der Waals surface area contributed by atoms with E-state index in [1.165, 1.54) is 0 Å². The van der Waals surface area contributed by atoms with Gasteiger partial charge in [-0.15, -0.1) is 0 Å². The predicted molar refractivity (Wildman–Crippen MR) is 86.7 cm³/mol. The molecule has 2 aromatic rings. The van der Waals surface area contributed by atoms with Crippen LogP contribution < -0.4 is 5.32 Å². The summed E-state index contributed by atoms with van der Waals surface area (Å²) in [5.74, 6) is -11.0. The van der Waals surface area contributed by atoms with Gasteiger partial charge in [0.2, 0.25) is 11.7 Å². The van der Waals surface area contributed by atoms with Crippen LogP contribution in [0.2, 0.25) is 0 Å². The number of carbonyl (C=O) groups excluding carboxylic acids is 1. The summed E-state index contributed by atoms with van der Waals surface area (Å²) in [6, 6.07) is 8.48. The third-order valence-electron chi connectivity index (χ3n) is 3.88. The Morgan fingerprint density at radius 3 is 1.88 bits per heavy atom. The minimum Gasteiger partial charge on any atom is -0.349 e. The lowest BCUT2D eigenvalue weighted by molar-refractivity contribution is -0.121. The molecular formula is C19H18F5NO. The van der Waals surface area contributed by atoms with E-state index in [0.717, 1.165) is 5.56 Å². The summed E-state index contributed by atoms with van der Waals surface area (Å²) in [7, 11) is 0. The number of benzene rings is 2. The van der Waals surface area contributed by atoms with Gasteiger partial charge in [-0.05, 0) is 17.9 Å². The van der Waals surface area contributed by atoms with Crippen molar-refractivity contribution in [3.8, 4) is 0 Å². The minimum absolute atomic E-state index is 0.203. The maximum absolute atomic E-state index is 13.7. The van der Waals surface area contributed by atoms with Crippen LogP contribution in [0.15, 0.2) is 30.3 Å². The first kappa shape index (κ1) is 19.9. The lowest BCUT2D eigenvalue weighted by atomic mass is 9.96. The Kier molecular flexibility index (Phi) is 6.34. The van der Waals surface area contributed by atoms with Crippen LogP contribution in [0.25, 0.3) is 0 Å². The van der Waals surface area contributed by atoms with E-state index in [9.17, 15) is 26.7 Å². The molecule has 2 nitrogen and oxygen atoms in total. The van der Waals surface area contributed by atoms with Gasteiger partial charge < -0.3 is 5.32 Å². The average Bonchev–Trinajstić information content (AvgIpc) is 2.62. The number of halogens is 5. The molecule has 0 aliphatic carbocycles. The standard InChI is InChI=1S/C19H18F5NO/c1-10(2)8-13(11-6-4-3-5-7-11)25-14(26)9-12-15(20)17(22)19(24)18(23)16(12)21/h3-7,10,13H,8-9H2,1-2H3,(H,25,26). The molecule has 2 aromatic carbocycles. The van der Waals surface area contributed by atoms with E-state index >= 15 is 0 Å². The molecule has 0 aliphatic heterocycles. The van der Waals surface area contributed by atoms with Crippen molar-refractivity contribution < 1.29 is 26.7 Å². The minimum atomic E-state index is -2.24. The first-order chi connectivity index (χ1) is 12.2. The number of nitrogens with one attached hydrogen (secondary N) is 1. The lowest BCUT2D eigenvalue weighted by Crippen LogP contribution is -2.31. The quantitative estimate of drug-likeness (QED) is 0.440. The van der Waals surface area contributed by atoms with E-state index in [1.807, 2.05) is 13.8 Å². The average molecular weight is 371 g/mol. The van der Waals surface area contributed by atoms with Crippen molar-refractivity contribution in [1.29, 1.82) is 0 Å². The molecule has 7 heteroatoms. The molecule has 0 saturated heterocycles. The highest BCUT2D eigenvalue weighted by Crippen LogP contribution is 2.25. The van der Waals surface area contributed by atoms with Crippen molar-refractivity contribution in [1.82, 2.24) is 5.32 Å². The zero-order valence-corrected chi connectivity index (χ0v) is 14.3. The zero-order valence-electron chi connectivity index (χ0n) is 14.3. The highest BCUT2D eigenvalue weighted by atomic mass is 19.2. The van der Waals surface area contributed by atoms with Crippen LogP contribution >= 0.6 is 0 Å². The second-order valence-electron chi connectivity index (χ2n) is 6.39. The summed E-state index contributed by atoms with van der Waals surface area (Å²) in [5.41, 5.74) is -0.359. The van der Waals surface area contributed by atoms with E-state index in [1.54, 1.807) is 30.3 Å². The molecule has 140 valence electrons. The predicted octanol–water partition coefficient (Wildman–Crippen LogP) is 4.83. The Bertz CT molecular complexity index is 763. The van der Waals surface area contributed by atoms with Crippen LogP contribution in [-0.2, 0) is 11.2 Å². The normalized spacial score (nSPS) is 12.3. The Morgan fingerprint density at radius 1 is 0.885 bits per heavy atom. The van der Waals surface area contributed by atoms with Gasteiger partial charge in [0.15, 0.2) is 23.3 Å². The molecule has 0 aromatic heterocycles. The van der Waals surface area contributed by atoms with Crippen molar-refractivity contribution >= 4 is 5.91 Å². The summed E-state index contributed by atoms with van der Waals surface area (Å²) in [4.78, 5) is 12.2. The van der Waals surface area contributed by atoms with E-state index in [-0.39, 0.29) is 5.92 Å². The van der Waals surface area contributed by atoms with Crippen molar-refractivity contribution in [3.05, 3.63) is 70.5 Å². The van der Waals surface area contributed by atoms with Gasteiger partial charge in [-0.3, -0.25) is 4.79 Å². The molecule has 1 atom stereocenters. The summed E-state index contributed by atoms with van der Waals surface area (Å²) in [6.45, 7) is 3.87. The number of hydrogen-bond acceptors (Lipinski definition) is 1. The fraction of sp³-hybridized carbons (Fsp3) is 0.316. The molecule has 1 N–H and O–H groups in total. The molecule has 0 aliphatic rings. The first-order valence-corrected chi connectivity index (χ1v) is 8.07. The van der Waals surface area contributed by atoms with E-state index in [4.69, 9.17) is 0 Å². The molecule has 26 heavy (non-hydrogen) atoms. The second-order valence-corrected chi connectivity index (χ2v) is 6.39. The molecule has 0 saturated carbocycles. The van der Waals surface area contributed by atoms with Gasteiger partial charge in [0.25, 0.3) is 0 Å². The molecule has 2 rings (SSSR count). The van der Waals surface area contributed by atoms with Gasteiger partial charge in [-0.1, -0.05) is 44.2 Å². The molecule has 0 bridgehead atoms. The van der Waals surface area contributed by atoms with Crippen LogP contribution in [0.1, 0.15) is 37.4 Å². The van der Waals surface area contributed by atoms with Gasteiger partial charge in [-0.25, -0.2) is 22.0 Å². The van der Waals surface area contributed by atoms with Crippen LogP contribution in [0.3, 0.4) is 0 Å². The third-order valence-corrected chi connectivity index (χ3v) is 3.88. The highest BCUT2D eigenvalue weighted by molar-refractivity contribution is 5.79. The van der Waals surface area contributed by atoms with Crippen molar-refractivity contribution in [2.45, 2.75) is 32.7 Å². The van der Waals surface area contributed by atoms with E-state index in [0.29, 0.717) is 6.42 Å². The topological polar surface area (TPSA) is 29.1 Å². The van der Waals surface area contributed by atoms with Gasteiger partial charge in [0, 0.05) is 5.56 Å². The maximum Gasteiger partial charge on any atom is 0.225 e. The molecule has 1 amide bonds. The SMILES string of the molecule is CC(C)CC(NC(=O)Cc1c(F)c(F)c(F)c(F)c1F)c1ccccc1. The Hall–Kier alpha value is -2.44. The fourth-order valence-corrected chi connectivity index (χ4v) is 2.65. The van der Waals surface area contributed by atoms with Crippen molar-refractivity contribution in [2.24, 2.45) is 5.92 Å². The van der Waals surface area contributed by atoms with Crippen molar-refractivity contribution in [3.63, 3.8) is 0 Å². The Morgan fingerprint density at radius 2 is 1.38 bits per heavy atom. The zero-order chi connectivity index (χ0) is 19.4. The van der Waals surface area contributed by atoms with Gasteiger partial charge in [0.1, 0.15) is 0 Å². The van der Waals surface area contributed by atoms with Crippen LogP contribution in [0.5, 0.6) is 0 Å². The van der Waals surface area contributed by atoms with E-state index < -0.39 is 53.0 Å². The molecular weight excluding hydrogens is 353 g/mol. The molecule has 0 fully saturated rings. The monoisotopic (exact) mass is 371 g/mol. The molecule has 1 unspecified atom stereocenters. The maximum atomic E-state index is 13.7. The molecule has 0 spiro atoms. The summed E-state index contributed by atoms with van der Waals surface area (Å²) in [6.07, 6.45) is -0.403. The van der Waals surface area contributed by atoms with Crippen molar-refractivity contribution in [2.75, 3.05) is 0 Å². The highest BCUT2D eigenvalue weighted by Gasteiger charge is 2.27. The number of rotatable bonds is 6. The Labute approximate surface area is 148 Å². The molecule has 0 heterocycles. The third kappa shape index (κ3) is 4.39. The Balaban J connectivity index is 2.24. The fourth-order valence-electron chi connectivity index (χ4n) is 2.65.